The van der Waals surface area contributed by atoms with Crippen LogP contribution in [0.2, 0.25) is 0 Å². The number of carboxylic acid groups (broad SMARTS) is 1. The second-order valence-electron chi connectivity index (χ2n) is 3.70. The first-order valence-electron chi connectivity index (χ1n) is 5.18. The van der Waals surface area contributed by atoms with Crippen LogP contribution in [-0.2, 0) is 4.79 Å². The van der Waals surface area contributed by atoms with Crippen molar-refractivity contribution < 1.29 is 28.2 Å². The van der Waals surface area contributed by atoms with Crippen LogP contribution in [0.1, 0.15) is 12.8 Å². The fourth-order valence-electron chi connectivity index (χ4n) is 1.34. The van der Waals surface area contributed by atoms with Crippen LogP contribution in [0.25, 0.3) is 0 Å². The van der Waals surface area contributed by atoms with E-state index < -0.39 is 12.1 Å². The number of hydrogen-bond acceptors (Lipinski definition) is 4. The Morgan fingerprint density at radius 3 is 2.06 bits per heavy atom. The van der Waals surface area contributed by atoms with Crippen LogP contribution in [0.4, 0.5) is 13.2 Å². The number of rotatable bonds is 3. The van der Waals surface area contributed by atoms with Gasteiger partial charge >= 0.3 is 12.1 Å². The maximum atomic E-state index is 10.6. The van der Waals surface area contributed by atoms with Crippen molar-refractivity contribution >= 4 is 5.97 Å². The summed E-state index contributed by atoms with van der Waals surface area (Å²) in [6.07, 6.45) is -2.85. The van der Waals surface area contributed by atoms with Crippen LogP contribution >= 0.6 is 0 Å². The van der Waals surface area contributed by atoms with Crippen molar-refractivity contribution in [1.82, 2.24) is 4.90 Å². The summed E-state index contributed by atoms with van der Waals surface area (Å²) in [5.74, 6) is -2.76. The molecule has 1 atom stereocenters. The molecule has 1 heterocycles. The van der Waals surface area contributed by atoms with Crippen LogP contribution in [0, 0.1) is 0 Å². The molecule has 102 valence electrons. The predicted molar refractivity (Wildman–Crippen MR) is 54.4 cm³/mol. The molecule has 0 aliphatic carbocycles. The maximum Gasteiger partial charge on any atom is 0.490 e. The summed E-state index contributed by atoms with van der Waals surface area (Å²) in [6.45, 7) is 3.42. The lowest BCUT2D eigenvalue weighted by atomic mass is 10.3. The molecule has 1 fully saturated rings. The number of nitrogens with zero attached hydrogens (tertiary/aromatic N) is 1. The van der Waals surface area contributed by atoms with Gasteiger partial charge in [-0.15, -0.1) is 0 Å². The molecule has 0 aromatic carbocycles. The smallest absolute Gasteiger partial charge is 0.475 e. The molecule has 0 aromatic rings. The highest BCUT2D eigenvalue weighted by Gasteiger charge is 2.38. The average molecular weight is 258 g/mol. The molecular formula is C9H17F3N2O3. The van der Waals surface area contributed by atoms with Crippen LogP contribution in [-0.4, -0.2) is 59.5 Å². The molecule has 5 nitrogen and oxygen atoms in total. The van der Waals surface area contributed by atoms with Crippen molar-refractivity contribution in [2.45, 2.75) is 25.1 Å². The summed E-state index contributed by atoms with van der Waals surface area (Å²) in [4.78, 5) is 11.2. The third-order valence-corrected chi connectivity index (χ3v) is 2.18. The molecule has 1 saturated heterocycles. The molecule has 0 saturated carbocycles. The topological polar surface area (TPSA) is 86.8 Å². The zero-order chi connectivity index (χ0) is 13.5. The molecule has 17 heavy (non-hydrogen) atoms. The Morgan fingerprint density at radius 2 is 1.76 bits per heavy atom. The standard InChI is InChI=1S/C7H16N2O.C2HF3O2/c8-5-7(10)6-9-3-1-2-4-9;3-2(4,5)1(6)7/h7,10H,1-6,8H2;(H,6,7)/t7-;/m1./s1. The van der Waals surface area contributed by atoms with Crippen LogP contribution in [0.15, 0.2) is 0 Å². The third-order valence-electron chi connectivity index (χ3n) is 2.18. The predicted octanol–water partition coefficient (Wildman–Crippen LogP) is 0.0351. The number of halogens is 3. The molecule has 4 N–H and O–H groups in total. The van der Waals surface area contributed by atoms with Crippen LogP contribution < -0.4 is 5.73 Å². The number of carbonyl (C=O) groups is 1. The Bertz CT molecular complexity index is 230. The first-order chi connectivity index (χ1) is 7.77. The van der Waals surface area contributed by atoms with Crippen molar-refractivity contribution in [2.75, 3.05) is 26.2 Å². The number of carboxylic acids is 1. The van der Waals surface area contributed by atoms with E-state index in [1.165, 1.54) is 12.8 Å². The summed E-state index contributed by atoms with van der Waals surface area (Å²) in [7, 11) is 0. The second kappa shape index (κ2) is 7.46. The normalized spacial score (nSPS) is 18.4. The van der Waals surface area contributed by atoms with E-state index in [1.54, 1.807) is 0 Å². The number of nitrogens with two attached hydrogens (primary N) is 1. The second-order valence-corrected chi connectivity index (χ2v) is 3.70. The minimum atomic E-state index is -5.08. The number of alkyl halides is 3. The van der Waals surface area contributed by atoms with Gasteiger partial charge in [-0.25, -0.2) is 4.79 Å². The van der Waals surface area contributed by atoms with E-state index in [9.17, 15) is 13.2 Å². The van der Waals surface area contributed by atoms with E-state index in [0.29, 0.717) is 6.54 Å². The average Bonchev–Trinajstić information content (AvgIpc) is 2.69. The summed E-state index contributed by atoms with van der Waals surface area (Å²) in [5.41, 5.74) is 5.27. The van der Waals surface area contributed by atoms with E-state index in [1.807, 2.05) is 0 Å². The van der Waals surface area contributed by atoms with Crippen molar-refractivity contribution in [2.24, 2.45) is 5.73 Å². The molecule has 0 amide bonds. The number of aliphatic hydroxyl groups is 1. The third kappa shape index (κ3) is 7.94. The van der Waals surface area contributed by atoms with Gasteiger partial charge in [-0.2, -0.15) is 13.2 Å². The van der Waals surface area contributed by atoms with Gasteiger partial charge in [-0.05, 0) is 25.9 Å². The largest absolute Gasteiger partial charge is 0.490 e. The van der Waals surface area contributed by atoms with Crippen LogP contribution in [0.5, 0.6) is 0 Å². The highest BCUT2D eigenvalue weighted by molar-refractivity contribution is 5.73. The fourth-order valence-corrected chi connectivity index (χ4v) is 1.34. The molecule has 1 aliphatic rings. The molecule has 1 rings (SSSR count). The Morgan fingerprint density at radius 1 is 1.35 bits per heavy atom. The lowest BCUT2D eigenvalue weighted by molar-refractivity contribution is -0.192. The Hall–Kier alpha value is -0.860. The zero-order valence-corrected chi connectivity index (χ0v) is 9.28. The Kier molecular flexibility index (Phi) is 7.09. The fraction of sp³-hybridized carbons (Fsp3) is 0.889. The first-order valence-corrected chi connectivity index (χ1v) is 5.18. The summed E-state index contributed by atoms with van der Waals surface area (Å²) in [5, 5.41) is 16.3. The molecule has 8 heteroatoms. The zero-order valence-electron chi connectivity index (χ0n) is 9.28. The maximum absolute atomic E-state index is 10.6. The van der Waals surface area contributed by atoms with Crippen molar-refractivity contribution in [3.05, 3.63) is 0 Å². The molecular weight excluding hydrogens is 241 g/mol. The van der Waals surface area contributed by atoms with Gasteiger partial charge in [0.2, 0.25) is 0 Å². The van der Waals surface area contributed by atoms with E-state index in [-0.39, 0.29) is 6.10 Å². The monoisotopic (exact) mass is 258 g/mol. The number of hydrogen-bond donors (Lipinski definition) is 3. The van der Waals surface area contributed by atoms with Crippen LogP contribution in [0.3, 0.4) is 0 Å². The SMILES string of the molecule is NC[C@@H](O)CN1CCCC1.O=C(O)C(F)(F)F. The Balaban J connectivity index is 0.000000325. The molecule has 0 bridgehead atoms. The molecule has 0 aromatic heterocycles. The minimum absolute atomic E-state index is 0.321. The number of likely N-dealkylation sites (tertiary alicyclic amines) is 1. The van der Waals surface area contributed by atoms with Gasteiger partial charge in [0.15, 0.2) is 0 Å². The van der Waals surface area contributed by atoms with Crippen molar-refractivity contribution in [1.29, 1.82) is 0 Å². The molecule has 0 radical (unpaired) electrons. The van der Waals surface area contributed by atoms with E-state index in [2.05, 4.69) is 4.90 Å². The summed E-state index contributed by atoms with van der Waals surface area (Å²) < 4.78 is 31.7. The van der Waals surface area contributed by atoms with Crippen molar-refractivity contribution in [3.8, 4) is 0 Å². The lowest BCUT2D eigenvalue weighted by Crippen LogP contribution is -2.34. The minimum Gasteiger partial charge on any atom is -0.475 e. The van der Waals surface area contributed by atoms with Crippen molar-refractivity contribution in [3.63, 3.8) is 0 Å². The van der Waals surface area contributed by atoms with Gasteiger partial charge < -0.3 is 20.8 Å². The van der Waals surface area contributed by atoms with Gasteiger partial charge in [-0.3, -0.25) is 0 Å². The van der Waals surface area contributed by atoms with Gasteiger partial charge in [0, 0.05) is 13.1 Å². The quantitative estimate of drug-likeness (QED) is 0.665. The number of aliphatic carboxylic acids is 1. The van der Waals surface area contributed by atoms with Gasteiger partial charge in [0.25, 0.3) is 0 Å². The van der Waals surface area contributed by atoms with E-state index in [0.717, 1.165) is 19.6 Å². The highest BCUT2D eigenvalue weighted by atomic mass is 19.4. The highest BCUT2D eigenvalue weighted by Crippen LogP contribution is 2.13. The number of β-amino-alcohol motifs (C(OH)–C–C–N with tert-alkyl or cyclic N) is 1. The molecule has 0 unspecified atom stereocenters. The van der Waals surface area contributed by atoms with Gasteiger partial charge in [0.1, 0.15) is 0 Å². The van der Waals surface area contributed by atoms with E-state index >= 15 is 0 Å². The van der Waals surface area contributed by atoms with E-state index in [4.69, 9.17) is 20.7 Å². The molecule has 0 spiro atoms. The summed E-state index contributed by atoms with van der Waals surface area (Å²) >= 11 is 0. The van der Waals surface area contributed by atoms with Gasteiger partial charge in [-0.1, -0.05) is 0 Å². The number of aliphatic hydroxyl groups excluding tert-OH is 1. The Labute approximate surface area is 97.0 Å². The first kappa shape index (κ1) is 16.1. The summed E-state index contributed by atoms with van der Waals surface area (Å²) in [6, 6.07) is 0. The molecule has 1 aliphatic heterocycles. The lowest BCUT2D eigenvalue weighted by Gasteiger charge is -2.17. The van der Waals surface area contributed by atoms with Gasteiger partial charge in [0.05, 0.1) is 6.10 Å².